The number of carbonyl (C=O) groups excluding carboxylic acids is 3. The predicted molar refractivity (Wildman–Crippen MR) is 180 cm³/mol. The Labute approximate surface area is 270 Å². The molecule has 0 aliphatic heterocycles. The van der Waals surface area contributed by atoms with Gasteiger partial charge in [-0.3, -0.25) is 14.4 Å². The molecule has 0 saturated heterocycles. The van der Waals surface area contributed by atoms with Crippen LogP contribution in [0.3, 0.4) is 0 Å². The molecule has 0 N–H and O–H groups in total. The average molecular weight is 703 g/mol. The maximum Gasteiger partial charge on any atom is 0.321 e. The fourth-order valence-electron chi connectivity index (χ4n) is 4.28. The second-order valence-corrected chi connectivity index (χ2v) is 28.3. The largest absolute Gasteiger partial charge is 0.469 e. The van der Waals surface area contributed by atoms with Crippen molar-refractivity contribution in [2.24, 2.45) is 0 Å². The molecule has 0 aliphatic carbocycles. The minimum Gasteiger partial charge on any atom is -0.469 e. The van der Waals surface area contributed by atoms with Gasteiger partial charge in [0.2, 0.25) is 8.32 Å². The van der Waals surface area contributed by atoms with E-state index in [0.717, 1.165) is 6.42 Å². The second kappa shape index (κ2) is 22.5. The number of carbonyl (C=O) groups is 3. The Kier molecular flexibility index (Phi) is 23.1. The molecule has 0 amide bonds. The van der Waals surface area contributed by atoms with Gasteiger partial charge in [0.05, 0.1) is 45.4 Å². The minimum atomic E-state index is -2.18. The van der Waals surface area contributed by atoms with E-state index in [9.17, 15) is 14.4 Å². The van der Waals surface area contributed by atoms with Crippen molar-refractivity contribution in [2.45, 2.75) is 118 Å². The Morgan fingerprint density at radius 2 is 1.07 bits per heavy atom. The molecule has 0 atom stereocenters. The first-order chi connectivity index (χ1) is 20.1. The third kappa shape index (κ3) is 28.5. The highest BCUT2D eigenvalue weighted by Crippen LogP contribution is 2.21. The average Bonchev–Trinajstić information content (AvgIpc) is 2.81. The lowest BCUT2D eigenvalue weighted by Crippen LogP contribution is -2.50. The van der Waals surface area contributed by atoms with Gasteiger partial charge in [-0.25, -0.2) is 0 Å². The van der Waals surface area contributed by atoms with Crippen molar-refractivity contribution in [1.29, 1.82) is 0 Å². The van der Waals surface area contributed by atoms with E-state index >= 15 is 0 Å². The lowest BCUT2D eigenvalue weighted by molar-refractivity contribution is -0.149. The molecule has 262 valence electrons. The van der Waals surface area contributed by atoms with Crippen LogP contribution in [0.4, 0.5) is 0 Å². The molecule has 0 heterocycles. The first kappa shape index (κ1) is 45.2. The van der Waals surface area contributed by atoms with Crippen LogP contribution in [-0.4, -0.2) is 111 Å². The number of hydrogen-bond acceptors (Lipinski definition) is 12. The minimum absolute atomic E-state index is 0.0162. The van der Waals surface area contributed by atoms with Gasteiger partial charge in [-0.1, -0.05) is 0 Å². The molecule has 0 aromatic carbocycles. The van der Waals surface area contributed by atoms with E-state index in [0.29, 0.717) is 32.1 Å². The van der Waals surface area contributed by atoms with E-state index in [4.69, 9.17) is 36.0 Å². The van der Waals surface area contributed by atoms with Gasteiger partial charge >= 0.3 is 35.0 Å². The summed E-state index contributed by atoms with van der Waals surface area (Å²) < 4.78 is 49.2. The molecule has 0 rings (SSSR count). The van der Waals surface area contributed by atoms with Gasteiger partial charge in [0.1, 0.15) is 6.61 Å². The highest BCUT2D eigenvalue weighted by molar-refractivity contribution is 6.83. The smallest absolute Gasteiger partial charge is 0.321 e. The second-order valence-electron chi connectivity index (χ2n) is 12.9. The third-order valence-electron chi connectivity index (χ3n) is 5.11. The predicted octanol–water partition coefficient (Wildman–Crippen LogP) is 5.30. The molecule has 0 spiro atoms. The maximum atomic E-state index is 11.8. The molecular formula is C28H62O12Si4. The van der Waals surface area contributed by atoms with Gasteiger partial charge in [0.25, 0.3) is 0 Å². The molecule has 0 fully saturated rings. The molecule has 0 unspecified atom stereocenters. The van der Waals surface area contributed by atoms with E-state index in [1.165, 1.54) is 7.11 Å². The topological polar surface area (TPSA) is 134 Å². The summed E-state index contributed by atoms with van der Waals surface area (Å²) >= 11 is 0. The Morgan fingerprint density at radius 1 is 0.591 bits per heavy atom. The summed E-state index contributed by atoms with van der Waals surface area (Å²) in [5, 5.41) is 0. The van der Waals surface area contributed by atoms with Crippen molar-refractivity contribution in [3.63, 3.8) is 0 Å². The number of rotatable bonds is 22. The van der Waals surface area contributed by atoms with Gasteiger partial charge < -0.3 is 40.8 Å². The van der Waals surface area contributed by atoms with Crippen LogP contribution >= 0.6 is 0 Å². The van der Waals surface area contributed by atoms with E-state index < -0.39 is 45.7 Å². The van der Waals surface area contributed by atoms with Crippen LogP contribution in [0, 0.1) is 0 Å². The highest BCUT2D eigenvalue weighted by Gasteiger charge is 2.37. The number of ether oxygens (including phenoxy) is 5. The van der Waals surface area contributed by atoms with Crippen LogP contribution in [-0.2, 0) is 55.2 Å². The van der Waals surface area contributed by atoms with Gasteiger partial charge in [-0.15, -0.1) is 0 Å². The zero-order chi connectivity index (χ0) is 34.6. The summed E-state index contributed by atoms with van der Waals surface area (Å²) in [6.07, 6.45) is 1.55. The summed E-state index contributed by atoms with van der Waals surface area (Å²) in [6.45, 7) is 25.8. The Hall–Kier alpha value is -0.962. The monoisotopic (exact) mass is 702 g/mol. The van der Waals surface area contributed by atoms with Crippen molar-refractivity contribution in [2.75, 3.05) is 46.9 Å². The molecular weight excluding hydrogens is 641 g/mol. The molecule has 12 nitrogen and oxygen atoms in total. The molecule has 0 aromatic rings. The first-order valence-electron chi connectivity index (χ1n) is 15.3. The third-order valence-corrected chi connectivity index (χ3v) is 17.6. The number of methoxy groups -OCH3 is 2. The van der Waals surface area contributed by atoms with Crippen LogP contribution < -0.4 is 0 Å². The maximum absolute atomic E-state index is 11.8. The quantitative estimate of drug-likeness (QED) is 0.0627. The fourth-order valence-corrected chi connectivity index (χ4v) is 19.5. The Morgan fingerprint density at radius 3 is 1.55 bits per heavy atom. The van der Waals surface area contributed by atoms with Gasteiger partial charge in [0, 0.05) is 32.3 Å². The van der Waals surface area contributed by atoms with Gasteiger partial charge in [-0.2, -0.15) is 0 Å². The molecule has 0 saturated carbocycles. The van der Waals surface area contributed by atoms with E-state index in [1.807, 2.05) is 67.0 Å². The van der Waals surface area contributed by atoms with E-state index in [-0.39, 0.29) is 37.6 Å². The van der Waals surface area contributed by atoms with E-state index in [1.54, 1.807) is 7.11 Å². The van der Waals surface area contributed by atoms with Gasteiger partial charge in [0.15, 0.2) is 8.32 Å². The van der Waals surface area contributed by atoms with Crippen molar-refractivity contribution in [3.8, 4) is 0 Å². The number of esters is 3. The SMILES string of the molecule is COC(=O)CCC(=O)OCCOC[Si](C)(C)O[Si](C)(C)OC(C)C.COCCCOC(=O)C[Si](C)(C)O[Si](C)(C)OC(C)C. The van der Waals surface area contributed by atoms with Crippen molar-refractivity contribution in [3.05, 3.63) is 0 Å². The fraction of sp³-hybridized carbons (Fsp3) is 0.893. The first-order valence-corrected chi connectivity index (χ1v) is 27.1. The molecule has 0 radical (unpaired) electrons. The van der Waals surface area contributed by atoms with Crippen LogP contribution in [0.1, 0.15) is 47.0 Å². The van der Waals surface area contributed by atoms with Crippen molar-refractivity contribution >= 4 is 51.7 Å². The Balaban J connectivity index is 0. The van der Waals surface area contributed by atoms with E-state index in [2.05, 4.69) is 17.8 Å². The summed E-state index contributed by atoms with van der Waals surface area (Å²) in [5.74, 6) is -1.05. The summed E-state index contributed by atoms with van der Waals surface area (Å²) in [6, 6.07) is 0.359. The van der Waals surface area contributed by atoms with Crippen LogP contribution in [0.2, 0.25) is 58.4 Å². The molecule has 0 aliphatic rings. The summed E-state index contributed by atoms with van der Waals surface area (Å²) in [5.41, 5.74) is 0. The van der Waals surface area contributed by atoms with Crippen LogP contribution in [0.15, 0.2) is 0 Å². The van der Waals surface area contributed by atoms with Crippen LogP contribution in [0.25, 0.3) is 0 Å². The summed E-state index contributed by atoms with van der Waals surface area (Å²) in [4.78, 5) is 34.1. The molecule has 0 bridgehead atoms. The highest BCUT2D eigenvalue weighted by atomic mass is 28.4. The molecule has 16 heteroatoms. The molecule has 0 aromatic heterocycles. The van der Waals surface area contributed by atoms with Crippen molar-refractivity contribution < 1.29 is 55.2 Å². The normalized spacial score (nSPS) is 12.5. The summed E-state index contributed by atoms with van der Waals surface area (Å²) in [7, 11) is -5.54. The lowest BCUT2D eigenvalue weighted by atomic mass is 10.3. The zero-order valence-corrected chi connectivity index (χ0v) is 33.9. The lowest BCUT2D eigenvalue weighted by Gasteiger charge is -2.34. The zero-order valence-electron chi connectivity index (χ0n) is 29.9. The van der Waals surface area contributed by atoms with Gasteiger partial charge in [-0.05, 0) is 80.1 Å². The Bertz CT molecular complexity index is 820. The standard InChI is InChI=1S/C15H32O7Si2.C13H30O5Si2/c1-13(2)21-24(6,7)22-23(4,5)12-19-10-11-20-15(17)9-8-14(16)18-3;1-12(2)17-20(6,7)18-19(4,5)11-13(14)16-10-8-9-15-3/h13H,8-12H2,1-7H3;12H,8-11H2,1-7H3. The van der Waals surface area contributed by atoms with Crippen LogP contribution in [0.5, 0.6) is 0 Å². The van der Waals surface area contributed by atoms with Crippen molar-refractivity contribution in [1.82, 2.24) is 0 Å². The number of hydrogen-bond donors (Lipinski definition) is 0. The molecule has 44 heavy (non-hydrogen) atoms.